The molecule has 0 amide bonds. The van der Waals surface area contributed by atoms with Crippen molar-refractivity contribution in [1.29, 1.82) is 0 Å². The van der Waals surface area contributed by atoms with Crippen molar-refractivity contribution in [2.24, 2.45) is 0 Å². The van der Waals surface area contributed by atoms with Gasteiger partial charge in [-0.15, -0.1) is 0 Å². The van der Waals surface area contributed by atoms with Crippen molar-refractivity contribution >= 4 is 11.6 Å². The number of halogens is 1. The molecule has 4 heteroatoms. The second kappa shape index (κ2) is 7.15. The van der Waals surface area contributed by atoms with Crippen LogP contribution in [0.3, 0.4) is 0 Å². The van der Waals surface area contributed by atoms with Crippen molar-refractivity contribution in [1.82, 2.24) is 15.1 Å². The Morgan fingerprint density at radius 3 is 2.50 bits per heavy atom. The Bertz CT molecular complexity index is 358. The molecule has 1 rings (SSSR count). The van der Waals surface area contributed by atoms with Gasteiger partial charge in [0.25, 0.3) is 0 Å². The molecule has 0 saturated carbocycles. The maximum atomic E-state index is 6.32. The molecule has 0 spiro atoms. The summed E-state index contributed by atoms with van der Waals surface area (Å²) in [4.78, 5) is 0. The average Bonchev–Trinajstić information content (AvgIpc) is 2.66. The third-order valence-electron chi connectivity index (χ3n) is 2.99. The zero-order valence-electron chi connectivity index (χ0n) is 12.2. The highest BCUT2D eigenvalue weighted by Gasteiger charge is 2.21. The molecule has 0 aliphatic heterocycles. The molecule has 18 heavy (non-hydrogen) atoms. The normalized spacial score (nSPS) is 13.6. The lowest BCUT2D eigenvalue weighted by molar-refractivity contribution is 0.395. The Morgan fingerprint density at radius 1 is 1.33 bits per heavy atom. The number of unbranched alkanes of at least 4 members (excludes halogenated alkanes) is 1. The third kappa shape index (κ3) is 3.99. The summed E-state index contributed by atoms with van der Waals surface area (Å²) >= 11 is 6.32. The predicted molar refractivity (Wildman–Crippen MR) is 78.2 cm³/mol. The Morgan fingerprint density at radius 2 is 2.00 bits per heavy atom. The van der Waals surface area contributed by atoms with Crippen LogP contribution in [0.5, 0.6) is 0 Å². The van der Waals surface area contributed by atoms with Gasteiger partial charge in [-0.1, -0.05) is 45.2 Å². The van der Waals surface area contributed by atoms with E-state index >= 15 is 0 Å². The summed E-state index contributed by atoms with van der Waals surface area (Å²) in [6, 6.07) is 1.08. The van der Waals surface area contributed by atoms with E-state index in [2.05, 4.69) is 45.0 Å². The molecule has 1 unspecified atom stereocenters. The summed E-state index contributed by atoms with van der Waals surface area (Å²) in [5.41, 5.74) is 1.13. The molecule has 0 aromatic carbocycles. The SMILES string of the molecule is CCCCC(NC(C)C)c1c(Cl)cnn1C(C)C. The Hall–Kier alpha value is -0.540. The van der Waals surface area contributed by atoms with Crippen molar-refractivity contribution in [2.45, 2.75) is 72.0 Å². The van der Waals surface area contributed by atoms with Crippen LogP contribution < -0.4 is 5.32 Å². The molecular weight excluding hydrogens is 246 g/mol. The van der Waals surface area contributed by atoms with Crippen LogP contribution in [0.4, 0.5) is 0 Å². The second-order valence-electron chi connectivity index (χ2n) is 5.43. The number of nitrogens with zero attached hydrogens (tertiary/aromatic N) is 2. The van der Waals surface area contributed by atoms with Crippen molar-refractivity contribution < 1.29 is 0 Å². The summed E-state index contributed by atoms with van der Waals surface area (Å²) in [5, 5.41) is 8.78. The van der Waals surface area contributed by atoms with Gasteiger partial charge in [-0.05, 0) is 20.3 Å². The smallest absolute Gasteiger partial charge is 0.0834 e. The molecular formula is C14H26ClN3. The summed E-state index contributed by atoms with van der Waals surface area (Å²) in [5.74, 6) is 0. The lowest BCUT2D eigenvalue weighted by Gasteiger charge is -2.24. The first kappa shape index (κ1) is 15.5. The minimum Gasteiger partial charge on any atom is -0.306 e. The van der Waals surface area contributed by atoms with Crippen LogP contribution >= 0.6 is 11.6 Å². The van der Waals surface area contributed by atoms with Crippen LogP contribution in [-0.2, 0) is 0 Å². The topological polar surface area (TPSA) is 29.9 Å². The highest BCUT2D eigenvalue weighted by molar-refractivity contribution is 6.31. The number of hydrogen-bond donors (Lipinski definition) is 1. The van der Waals surface area contributed by atoms with Gasteiger partial charge in [0.05, 0.1) is 23.0 Å². The van der Waals surface area contributed by atoms with Crippen LogP contribution in [0.15, 0.2) is 6.20 Å². The molecule has 0 fully saturated rings. The largest absolute Gasteiger partial charge is 0.306 e. The van der Waals surface area contributed by atoms with Crippen LogP contribution in [0.1, 0.15) is 71.7 Å². The van der Waals surface area contributed by atoms with E-state index < -0.39 is 0 Å². The van der Waals surface area contributed by atoms with E-state index in [-0.39, 0.29) is 0 Å². The zero-order valence-corrected chi connectivity index (χ0v) is 13.0. The van der Waals surface area contributed by atoms with Gasteiger partial charge in [-0.25, -0.2) is 0 Å². The number of nitrogens with one attached hydrogen (secondary N) is 1. The lowest BCUT2D eigenvalue weighted by atomic mass is 10.1. The van der Waals surface area contributed by atoms with E-state index in [0.717, 1.165) is 17.1 Å². The van der Waals surface area contributed by atoms with Crippen molar-refractivity contribution in [3.63, 3.8) is 0 Å². The van der Waals surface area contributed by atoms with Gasteiger partial charge >= 0.3 is 0 Å². The predicted octanol–water partition coefficient (Wildman–Crippen LogP) is 4.35. The van der Waals surface area contributed by atoms with Gasteiger partial charge in [0.1, 0.15) is 0 Å². The maximum absolute atomic E-state index is 6.32. The maximum Gasteiger partial charge on any atom is 0.0834 e. The molecule has 1 atom stereocenters. The molecule has 1 aromatic rings. The first-order valence-electron chi connectivity index (χ1n) is 6.96. The monoisotopic (exact) mass is 271 g/mol. The molecule has 1 aromatic heterocycles. The van der Waals surface area contributed by atoms with Crippen LogP contribution in [0, 0.1) is 0 Å². The second-order valence-corrected chi connectivity index (χ2v) is 5.84. The van der Waals surface area contributed by atoms with E-state index in [4.69, 9.17) is 11.6 Å². The molecule has 0 saturated heterocycles. The molecule has 1 N–H and O–H groups in total. The fraction of sp³-hybridized carbons (Fsp3) is 0.786. The van der Waals surface area contributed by atoms with E-state index in [0.29, 0.717) is 18.1 Å². The van der Waals surface area contributed by atoms with Gasteiger partial charge in [0.15, 0.2) is 0 Å². The lowest BCUT2D eigenvalue weighted by Crippen LogP contribution is -2.30. The zero-order chi connectivity index (χ0) is 13.7. The number of hydrogen-bond acceptors (Lipinski definition) is 2. The molecule has 0 radical (unpaired) electrons. The molecule has 0 aliphatic rings. The van der Waals surface area contributed by atoms with Crippen molar-refractivity contribution in [2.75, 3.05) is 0 Å². The van der Waals surface area contributed by atoms with Crippen LogP contribution in [0.2, 0.25) is 5.02 Å². The summed E-state index contributed by atoms with van der Waals surface area (Å²) in [6.45, 7) is 10.8. The van der Waals surface area contributed by atoms with Gasteiger partial charge in [-0.3, -0.25) is 4.68 Å². The van der Waals surface area contributed by atoms with E-state index in [1.165, 1.54) is 12.8 Å². The quantitative estimate of drug-likeness (QED) is 0.799. The molecule has 0 bridgehead atoms. The van der Waals surface area contributed by atoms with Gasteiger partial charge in [0.2, 0.25) is 0 Å². The Labute approximate surface area is 116 Å². The van der Waals surface area contributed by atoms with E-state index in [1.807, 2.05) is 4.68 Å². The highest BCUT2D eigenvalue weighted by atomic mass is 35.5. The Balaban J connectivity index is 2.99. The first-order valence-corrected chi connectivity index (χ1v) is 7.34. The summed E-state index contributed by atoms with van der Waals surface area (Å²) < 4.78 is 2.04. The average molecular weight is 272 g/mol. The Kier molecular flexibility index (Phi) is 6.16. The fourth-order valence-corrected chi connectivity index (χ4v) is 2.46. The van der Waals surface area contributed by atoms with Crippen LogP contribution in [-0.4, -0.2) is 15.8 Å². The van der Waals surface area contributed by atoms with Crippen LogP contribution in [0.25, 0.3) is 0 Å². The van der Waals surface area contributed by atoms with E-state index in [9.17, 15) is 0 Å². The number of aromatic nitrogens is 2. The third-order valence-corrected chi connectivity index (χ3v) is 3.28. The molecule has 104 valence electrons. The first-order chi connectivity index (χ1) is 8.47. The van der Waals surface area contributed by atoms with Gasteiger partial charge in [-0.2, -0.15) is 5.10 Å². The van der Waals surface area contributed by atoms with E-state index in [1.54, 1.807) is 6.20 Å². The molecule has 0 aliphatic carbocycles. The highest BCUT2D eigenvalue weighted by Crippen LogP contribution is 2.29. The number of rotatable bonds is 7. The minimum absolute atomic E-state index is 0.294. The summed E-state index contributed by atoms with van der Waals surface area (Å²) in [7, 11) is 0. The van der Waals surface area contributed by atoms with Gasteiger partial charge < -0.3 is 5.32 Å². The fourth-order valence-electron chi connectivity index (χ4n) is 2.20. The summed E-state index contributed by atoms with van der Waals surface area (Å²) in [6.07, 6.45) is 5.26. The standard InChI is InChI=1S/C14H26ClN3/c1-6-7-8-13(17-10(2)3)14-12(15)9-16-18(14)11(4)5/h9-11,13,17H,6-8H2,1-5H3. The van der Waals surface area contributed by atoms with Crippen molar-refractivity contribution in [3.8, 4) is 0 Å². The minimum atomic E-state index is 0.294. The van der Waals surface area contributed by atoms with Crippen molar-refractivity contribution in [3.05, 3.63) is 16.9 Å². The molecule has 1 heterocycles. The van der Waals surface area contributed by atoms with Gasteiger partial charge in [0, 0.05) is 12.1 Å². The molecule has 3 nitrogen and oxygen atoms in total.